The van der Waals surface area contributed by atoms with Gasteiger partial charge in [0.15, 0.2) is 5.69 Å². The number of anilines is 1. The fourth-order valence-corrected chi connectivity index (χ4v) is 4.51. The Balaban J connectivity index is 1.57. The van der Waals surface area contributed by atoms with Crippen molar-refractivity contribution < 1.29 is 41.4 Å². The van der Waals surface area contributed by atoms with Gasteiger partial charge in [0.1, 0.15) is 22.7 Å². The van der Waals surface area contributed by atoms with Crippen LogP contribution < -0.4 is 10.6 Å². The van der Waals surface area contributed by atoms with E-state index in [4.69, 9.17) is 9.47 Å². The second-order valence-corrected chi connectivity index (χ2v) is 12.6. The molecule has 0 fully saturated rings. The maximum absolute atomic E-state index is 15.2. The summed E-state index contributed by atoms with van der Waals surface area (Å²) in [6, 6.07) is 9.22. The Labute approximate surface area is 257 Å². The van der Waals surface area contributed by atoms with Crippen molar-refractivity contribution in [1.29, 1.82) is 0 Å². The minimum atomic E-state index is -4.87. The Morgan fingerprint density at radius 3 is 2.27 bits per heavy atom. The quantitative estimate of drug-likeness (QED) is 0.306. The molecule has 2 aromatic carbocycles. The lowest BCUT2D eigenvalue weighted by Gasteiger charge is -2.31. The summed E-state index contributed by atoms with van der Waals surface area (Å²) >= 11 is 0. The van der Waals surface area contributed by atoms with Gasteiger partial charge in [0, 0.05) is 25.7 Å². The largest absolute Gasteiger partial charge is 0.444 e. The summed E-state index contributed by atoms with van der Waals surface area (Å²) in [7, 11) is 0. The number of halogens is 4. The van der Waals surface area contributed by atoms with Gasteiger partial charge in [-0.3, -0.25) is 4.79 Å². The highest BCUT2D eigenvalue weighted by Crippen LogP contribution is 2.31. The van der Waals surface area contributed by atoms with Crippen LogP contribution in [0.5, 0.6) is 0 Å². The summed E-state index contributed by atoms with van der Waals surface area (Å²) in [6.07, 6.45) is -5.74. The third-order valence-electron chi connectivity index (χ3n) is 6.42. The van der Waals surface area contributed by atoms with E-state index in [1.807, 2.05) is 0 Å². The van der Waals surface area contributed by atoms with E-state index in [0.717, 1.165) is 4.68 Å². The fraction of sp³-hybridized carbons (Fsp3) is 0.419. The Bertz CT molecular complexity index is 1600. The molecule has 0 aliphatic carbocycles. The molecule has 10 nitrogen and oxygen atoms in total. The van der Waals surface area contributed by atoms with Gasteiger partial charge < -0.3 is 25.0 Å². The first-order valence-corrected chi connectivity index (χ1v) is 14.1. The highest BCUT2D eigenvalue weighted by atomic mass is 19.4. The third kappa shape index (κ3) is 8.73. The lowest BCUT2D eigenvalue weighted by molar-refractivity contribution is -0.141. The zero-order chi connectivity index (χ0) is 33.3. The smallest absolute Gasteiger partial charge is 0.435 e. The molecule has 0 saturated heterocycles. The Kier molecular flexibility index (Phi) is 9.17. The topological polar surface area (TPSA) is 115 Å². The predicted molar refractivity (Wildman–Crippen MR) is 156 cm³/mol. The molecule has 0 atom stereocenters. The molecule has 4 rings (SSSR count). The van der Waals surface area contributed by atoms with Crippen molar-refractivity contribution >= 4 is 23.8 Å². The van der Waals surface area contributed by atoms with E-state index in [1.165, 1.54) is 35.2 Å². The highest BCUT2D eigenvalue weighted by Gasteiger charge is 2.36. The van der Waals surface area contributed by atoms with Crippen LogP contribution in [0.25, 0.3) is 5.69 Å². The van der Waals surface area contributed by atoms with Crippen LogP contribution in [0, 0.1) is 5.82 Å². The summed E-state index contributed by atoms with van der Waals surface area (Å²) in [5, 5.41) is 8.55. The minimum Gasteiger partial charge on any atom is -0.444 e. The van der Waals surface area contributed by atoms with Gasteiger partial charge in [-0.25, -0.2) is 18.7 Å². The van der Waals surface area contributed by atoms with Crippen molar-refractivity contribution in [1.82, 2.24) is 20.0 Å². The zero-order valence-corrected chi connectivity index (χ0v) is 25.8. The van der Waals surface area contributed by atoms with Crippen LogP contribution in [-0.2, 0) is 35.2 Å². The molecule has 0 bridgehead atoms. The number of fused-ring (bicyclic) bond motifs is 1. The molecular weight excluding hydrogens is 598 g/mol. The lowest BCUT2D eigenvalue weighted by atomic mass is 9.99. The zero-order valence-electron chi connectivity index (χ0n) is 25.8. The molecule has 2 N–H and O–H groups in total. The monoisotopic (exact) mass is 633 g/mol. The summed E-state index contributed by atoms with van der Waals surface area (Å²) in [4.78, 5) is 39.3. The molecule has 0 saturated carbocycles. The molecule has 0 radical (unpaired) electrons. The lowest BCUT2D eigenvalue weighted by Crippen LogP contribution is -2.40. The molecule has 0 unspecified atom stereocenters. The van der Waals surface area contributed by atoms with E-state index >= 15 is 4.39 Å². The van der Waals surface area contributed by atoms with Crippen molar-refractivity contribution in [3.05, 3.63) is 76.4 Å². The van der Waals surface area contributed by atoms with Crippen LogP contribution in [0.1, 0.15) is 74.4 Å². The number of aromatic nitrogens is 2. The number of carbonyl (C=O) groups is 3. The van der Waals surface area contributed by atoms with Gasteiger partial charge in [0.25, 0.3) is 5.91 Å². The average Bonchev–Trinajstić information content (AvgIpc) is 3.37. The first-order chi connectivity index (χ1) is 20.8. The second-order valence-electron chi connectivity index (χ2n) is 12.6. The summed E-state index contributed by atoms with van der Waals surface area (Å²) in [5.41, 5.74) is -1.69. The third-order valence-corrected chi connectivity index (χ3v) is 6.42. The van der Waals surface area contributed by atoms with E-state index in [2.05, 4.69) is 15.7 Å². The number of nitrogens with zero attached hydrogens (tertiary/aromatic N) is 3. The summed E-state index contributed by atoms with van der Waals surface area (Å²) in [6.45, 7) is 10.7. The molecule has 3 amide bonds. The number of alkyl carbamates (subject to hydrolysis) is 1. The van der Waals surface area contributed by atoms with Crippen LogP contribution in [0.4, 0.5) is 32.8 Å². The maximum atomic E-state index is 15.2. The number of hydrogen-bond acceptors (Lipinski definition) is 6. The summed E-state index contributed by atoms with van der Waals surface area (Å²) < 4.78 is 67.6. The van der Waals surface area contributed by atoms with Crippen LogP contribution in [0.3, 0.4) is 0 Å². The molecule has 3 aromatic rings. The number of hydrogen-bond donors (Lipinski definition) is 2. The van der Waals surface area contributed by atoms with E-state index in [9.17, 15) is 27.6 Å². The van der Waals surface area contributed by atoms with Crippen LogP contribution in [0.2, 0.25) is 0 Å². The maximum Gasteiger partial charge on any atom is 0.435 e. The normalized spacial score (nSPS) is 13.6. The van der Waals surface area contributed by atoms with Gasteiger partial charge in [-0.15, -0.1) is 0 Å². The van der Waals surface area contributed by atoms with E-state index < -0.39 is 52.7 Å². The first-order valence-electron chi connectivity index (χ1n) is 14.1. The van der Waals surface area contributed by atoms with E-state index in [0.29, 0.717) is 35.7 Å². The Morgan fingerprint density at radius 1 is 0.933 bits per heavy atom. The number of carbonyl (C=O) groups excluding carboxylic acids is 3. The average molecular weight is 634 g/mol. The van der Waals surface area contributed by atoms with Crippen LogP contribution in [-0.4, -0.2) is 50.5 Å². The second kappa shape index (κ2) is 12.4. The molecule has 0 spiro atoms. The summed E-state index contributed by atoms with van der Waals surface area (Å²) in [5.74, 6) is -1.86. The van der Waals surface area contributed by atoms with Crippen LogP contribution >= 0.6 is 0 Å². The van der Waals surface area contributed by atoms with E-state index in [-0.39, 0.29) is 24.5 Å². The van der Waals surface area contributed by atoms with Gasteiger partial charge in [0.05, 0.1) is 11.4 Å². The first kappa shape index (κ1) is 33.3. The van der Waals surface area contributed by atoms with Crippen molar-refractivity contribution in [2.45, 2.75) is 78.4 Å². The highest BCUT2D eigenvalue weighted by molar-refractivity contribution is 6.03. The fourth-order valence-electron chi connectivity index (χ4n) is 4.51. The van der Waals surface area contributed by atoms with E-state index in [1.54, 1.807) is 47.6 Å². The molecular formula is C31H35F4N5O5. The molecule has 242 valence electrons. The number of amides is 3. The minimum absolute atomic E-state index is 0.0105. The van der Waals surface area contributed by atoms with Gasteiger partial charge >= 0.3 is 18.4 Å². The van der Waals surface area contributed by atoms with Gasteiger partial charge in [-0.2, -0.15) is 18.3 Å². The number of rotatable bonds is 5. The number of nitrogens with one attached hydrogen (secondary N) is 2. The standard InChI is InChI=1S/C31H35F4N5O5/c1-29(2,3)44-27(42)36-16-18-8-7-9-21(12-18)40-24(15-25(38-40)31(33,34)35)26(41)37-23-14-19-10-11-39(17-20(19)13-22(23)32)28(43)45-30(4,5)6/h7-9,12-15H,10-11,16-17H2,1-6H3,(H,36,42)(H,37,41). The Morgan fingerprint density at radius 2 is 1.62 bits per heavy atom. The predicted octanol–water partition coefficient (Wildman–Crippen LogP) is 6.60. The number of ether oxygens (including phenoxy) is 2. The number of benzene rings is 2. The van der Waals surface area contributed by atoms with Crippen molar-refractivity contribution in [3.63, 3.8) is 0 Å². The molecule has 2 heterocycles. The Hall–Kier alpha value is -4.62. The SMILES string of the molecule is CC(C)(C)OC(=O)NCc1cccc(-n2nc(C(F)(F)F)cc2C(=O)Nc2cc3c(cc2F)CN(C(=O)OC(C)(C)C)CC3)c1. The van der Waals surface area contributed by atoms with Gasteiger partial charge in [0.2, 0.25) is 0 Å². The molecule has 1 aliphatic rings. The van der Waals surface area contributed by atoms with Crippen molar-refractivity contribution in [3.8, 4) is 5.69 Å². The van der Waals surface area contributed by atoms with Gasteiger partial charge in [-0.1, -0.05) is 12.1 Å². The molecule has 14 heteroatoms. The number of alkyl halides is 3. The molecule has 1 aromatic heterocycles. The van der Waals surface area contributed by atoms with Crippen molar-refractivity contribution in [2.75, 3.05) is 11.9 Å². The van der Waals surface area contributed by atoms with Gasteiger partial charge in [-0.05, 0) is 88.9 Å². The van der Waals surface area contributed by atoms with Crippen molar-refractivity contribution in [2.24, 2.45) is 0 Å². The molecule has 45 heavy (non-hydrogen) atoms. The van der Waals surface area contributed by atoms with Crippen LogP contribution in [0.15, 0.2) is 42.5 Å². The molecule has 1 aliphatic heterocycles.